The maximum atomic E-state index is 2.52. The molecule has 0 bridgehead atoms. The molecule has 0 unspecified atom stereocenters. The zero-order chi connectivity index (χ0) is 15.5. The van der Waals surface area contributed by atoms with Crippen LogP contribution in [-0.4, -0.2) is 0 Å². The molecule has 136 valence electrons. The summed E-state index contributed by atoms with van der Waals surface area (Å²) in [5.74, 6) is 1.85. The third-order valence-corrected chi connectivity index (χ3v) is 10.2. The van der Waals surface area contributed by atoms with E-state index in [1.165, 1.54) is 77.0 Å². The summed E-state index contributed by atoms with van der Waals surface area (Å²) in [4.78, 5) is 0. The van der Waals surface area contributed by atoms with Crippen molar-refractivity contribution in [3.8, 4) is 0 Å². The van der Waals surface area contributed by atoms with Crippen LogP contribution in [0, 0.1) is 11.8 Å². The van der Waals surface area contributed by atoms with Crippen molar-refractivity contribution in [2.75, 3.05) is 0 Å². The first-order chi connectivity index (χ1) is 11.4. The summed E-state index contributed by atoms with van der Waals surface area (Å²) in [5, 5.41) is 0. The van der Waals surface area contributed by atoms with Gasteiger partial charge in [0.15, 0.2) is 0 Å². The van der Waals surface area contributed by atoms with Gasteiger partial charge in [0.2, 0.25) is 0 Å². The van der Waals surface area contributed by atoms with Crippen molar-refractivity contribution in [3.63, 3.8) is 0 Å². The Bertz CT molecular complexity index is 509. The van der Waals surface area contributed by atoms with Gasteiger partial charge < -0.3 is 9.41 Å². The van der Waals surface area contributed by atoms with E-state index in [-0.39, 0.29) is 9.41 Å². The number of hydrogen-bond acceptors (Lipinski definition) is 0. The Morgan fingerprint density at radius 2 is 1.00 bits per heavy atom. The minimum Gasteiger partial charge on any atom is -1.00 e. The molecule has 0 aromatic carbocycles. The predicted molar refractivity (Wildman–Crippen MR) is 94.7 cm³/mol. The first-order valence-corrected chi connectivity index (χ1v) is 12.4. The first kappa shape index (κ1) is 21.0. The number of hydrogen-bond donors (Lipinski definition) is 0. The Hall–Kier alpha value is -0.297. The van der Waals surface area contributed by atoms with Crippen LogP contribution in [0.25, 0.3) is 0 Å². The van der Waals surface area contributed by atoms with Crippen molar-refractivity contribution in [1.29, 1.82) is 0 Å². The summed E-state index contributed by atoms with van der Waals surface area (Å²) < 4.78 is 3.88. The molecule has 0 aromatic rings. The average Bonchev–Trinajstić information content (AvgIpc) is 3.26. The monoisotopic (exact) mass is 422 g/mol. The number of halogens is 2. The van der Waals surface area contributed by atoms with Gasteiger partial charge in [0.1, 0.15) is 0 Å². The predicted octanol–water partition coefficient (Wildman–Crippen LogP) is 0.666. The quantitative estimate of drug-likeness (QED) is 0.623. The van der Waals surface area contributed by atoms with Gasteiger partial charge in [-0.3, -0.25) is 0 Å². The molecule has 0 aliphatic heterocycles. The van der Waals surface area contributed by atoms with Crippen molar-refractivity contribution < 1.29 is 32.6 Å². The molecule has 25 heavy (non-hydrogen) atoms. The molecular formula is C22H30F2Zr. The van der Waals surface area contributed by atoms with E-state index < -0.39 is 23.2 Å². The molecule has 2 saturated carbocycles. The SMILES string of the molecule is C1=CC(C2CCCCC2)=[C]([Zr+2][C]2=C(C3CCCCC3)C=CC2)C1.[F-].[F-]. The van der Waals surface area contributed by atoms with Crippen molar-refractivity contribution in [2.24, 2.45) is 11.8 Å². The van der Waals surface area contributed by atoms with E-state index in [1.54, 1.807) is 0 Å². The van der Waals surface area contributed by atoms with Crippen LogP contribution in [0.5, 0.6) is 0 Å². The minimum absolute atomic E-state index is 0. The van der Waals surface area contributed by atoms with Gasteiger partial charge in [0.05, 0.1) is 0 Å². The molecule has 0 heterocycles. The number of rotatable bonds is 4. The molecule has 2 fully saturated rings. The van der Waals surface area contributed by atoms with Gasteiger partial charge in [0.25, 0.3) is 0 Å². The van der Waals surface area contributed by atoms with E-state index in [0.717, 1.165) is 11.8 Å². The van der Waals surface area contributed by atoms with Crippen LogP contribution in [0.15, 0.2) is 42.0 Å². The van der Waals surface area contributed by atoms with E-state index in [9.17, 15) is 0 Å². The van der Waals surface area contributed by atoms with Crippen LogP contribution in [0.4, 0.5) is 0 Å². The molecule has 0 aromatic heterocycles. The second-order valence-corrected chi connectivity index (χ2v) is 11.5. The van der Waals surface area contributed by atoms with Crippen LogP contribution < -0.4 is 9.41 Å². The zero-order valence-corrected chi connectivity index (χ0v) is 17.7. The van der Waals surface area contributed by atoms with E-state index in [2.05, 4.69) is 24.3 Å². The number of allylic oxidation sites excluding steroid dienone is 8. The van der Waals surface area contributed by atoms with E-state index in [0.29, 0.717) is 0 Å². The van der Waals surface area contributed by atoms with Crippen molar-refractivity contribution in [1.82, 2.24) is 0 Å². The molecule has 4 rings (SSSR count). The largest absolute Gasteiger partial charge is 1.00 e. The molecule has 0 amide bonds. The Balaban J connectivity index is 0.00000113. The van der Waals surface area contributed by atoms with E-state index >= 15 is 0 Å². The van der Waals surface area contributed by atoms with Gasteiger partial charge in [-0.25, -0.2) is 0 Å². The average molecular weight is 424 g/mol. The van der Waals surface area contributed by atoms with Crippen LogP contribution in [0.2, 0.25) is 0 Å². The molecule has 0 N–H and O–H groups in total. The summed E-state index contributed by atoms with van der Waals surface area (Å²) in [7, 11) is 0. The summed E-state index contributed by atoms with van der Waals surface area (Å²) >= 11 is -0.514. The third kappa shape index (κ3) is 4.91. The van der Waals surface area contributed by atoms with Crippen molar-refractivity contribution in [3.05, 3.63) is 42.0 Å². The van der Waals surface area contributed by atoms with E-state index in [4.69, 9.17) is 0 Å². The van der Waals surface area contributed by atoms with Crippen molar-refractivity contribution >= 4 is 0 Å². The van der Waals surface area contributed by atoms with Gasteiger partial charge >= 0.3 is 154 Å². The van der Waals surface area contributed by atoms with Crippen LogP contribution in [-0.2, 0) is 23.2 Å². The molecule has 0 saturated heterocycles. The molecular weight excluding hydrogens is 393 g/mol. The van der Waals surface area contributed by atoms with Gasteiger partial charge in [-0.05, 0) is 0 Å². The maximum absolute atomic E-state index is 2.52. The molecule has 4 aliphatic carbocycles. The van der Waals surface area contributed by atoms with Gasteiger partial charge in [-0.1, -0.05) is 0 Å². The first-order valence-electron chi connectivity index (χ1n) is 9.98. The van der Waals surface area contributed by atoms with Gasteiger partial charge in [-0.2, -0.15) is 0 Å². The van der Waals surface area contributed by atoms with Crippen LogP contribution in [0.1, 0.15) is 77.0 Å². The van der Waals surface area contributed by atoms with Gasteiger partial charge in [-0.15, -0.1) is 0 Å². The summed E-state index contributed by atoms with van der Waals surface area (Å²) in [6.07, 6.45) is 27.3. The van der Waals surface area contributed by atoms with Gasteiger partial charge in [0, 0.05) is 0 Å². The standard InChI is InChI=1S/2C11H15.2FH.Zr/c2*1-2-6-10(7-3-1)11-8-4-5-9-11;;;/h2*4,8,10H,1-3,5-7H2;2*1H;/q;;;;+2/p-2. The Morgan fingerprint density at radius 1 is 0.600 bits per heavy atom. The van der Waals surface area contributed by atoms with E-state index in [1.807, 2.05) is 17.7 Å². The molecule has 4 aliphatic rings. The van der Waals surface area contributed by atoms with Crippen LogP contribution >= 0.6 is 0 Å². The molecule has 0 spiro atoms. The Kier molecular flexibility index (Phi) is 8.52. The van der Waals surface area contributed by atoms with Crippen molar-refractivity contribution in [2.45, 2.75) is 77.0 Å². The third-order valence-electron chi connectivity index (χ3n) is 6.33. The molecule has 0 radical (unpaired) electrons. The molecule has 3 heteroatoms. The summed E-state index contributed by atoms with van der Waals surface area (Å²) in [6, 6.07) is 0. The van der Waals surface area contributed by atoms with Crippen LogP contribution in [0.3, 0.4) is 0 Å². The Morgan fingerprint density at radius 3 is 1.40 bits per heavy atom. The summed E-state index contributed by atoms with van der Waals surface area (Å²) in [5.41, 5.74) is 3.64. The summed E-state index contributed by atoms with van der Waals surface area (Å²) in [6.45, 7) is 0. The second kappa shape index (κ2) is 10.1. The fourth-order valence-corrected chi connectivity index (χ4v) is 9.16. The smallest absolute Gasteiger partial charge is 1.00 e. The Labute approximate surface area is 163 Å². The normalized spacial score (nSPS) is 24.3. The zero-order valence-electron chi connectivity index (χ0n) is 15.2. The molecule has 0 atom stereocenters. The fraction of sp³-hybridized carbons (Fsp3) is 0.636. The topological polar surface area (TPSA) is 0 Å². The minimum atomic E-state index is -0.514. The fourth-order valence-electron chi connectivity index (χ4n) is 5.07. The maximum Gasteiger partial charge on any atom is -1.00 e. The molecule has 0 nitrogen and oxygen atoms in total. The second-order valence-electron chi connectivity index (χ2n) is 7.88.